The van der Waals surface area contributed by atoms with Crippen LogP contribution in [-0.4, -0.2) is 28.8 Å². The van der Waals surface area contributed by atoms with E-state index in [2.05, 4.69) is 10.4 Å². The highest BCUT2D eigenvalue weighted by Crippen LogP contribution is 2.29. The van der Waals surface area contributed by atoms with E-state index in [9.17, 15) is 9.59 Å². The highest BCUT2D eigenvalue weighted by atomic mass is 35.5. The number of hydrogen-bond donors (Lipinski definition) is 1. The molecule has 0 aliphatic heterocycles. The number of methoxy groups -OCH3 is 1. The smallest absolute Gasteiger partial charge is 0.343 e. The van der Waals surface area contributed by atoms with Gasteiger partial charge in [0.1, 0.15) is 17.0 Å². The van der Waals surface area contributed by atoms with Gasteiger partial charge in [-0.25, -0.2) is 9.48 Å². The van der Waals surface area contributed by atoms with Gasteiger partial charge in [-0.3, -0.25) is 4.79 Å². The quantitative estimate of drug-likeness (QED) is 0.222. The molecule has 8 heteroatoms. The van der Waals surface area contributed by atoms with Crippen LogP contribution in [0.15, 0.2) is 115 Å². The first-order valence-corrected chi connectivity index (χ1v) is 12.5. The van der Waals surface area contributed by atoms with Gasteiger partial charge in [-0.2, -0.15) is 5.10 Å². The van der Waals surface area contributed by atoms with E-state index in [1.165, 1.54) is 0 Å². The first-order chi connectivity index (χ1) is 19.0. The van der Waals surface area contributed by atoms with Crippen molar-refractivity contribution in [2.45, 2.75) is 6.10 Å². The van der Waals surface area contributed by atoms with E-state index in [0.717, 1.165) is 5.69 Å². The highest BCUT2D eigenvalue weighted by Gasteiger charge is 2.29. The molecule has 0 saturated carbocycles. The molecule has 0 spiro atoms. The fourth-order valence-corrected chi connectivity index (χ4v) is 4.16. The van der Waals surface area contributed by atoms with Crippen LogP contribution in [0, 0.1) is 0 Å². The van der Waals surface area contributed by atoms with Crippen molar-refractivity contribution in [1.29, 1.82) is 0 Å². The Morgan fingerprint density at radius 3 is 2.26 bits per heavy atom. The van der Waals surface area contributed by atoms with Crippen molar-refractivity contribution in [2.24, 2.45) is 0 Å². The molecule has 194 valence electrons. The average Bonchev–Trinajstić information content (AvgIpc) is 3.43. The summed E-state index contributed by atoms with van der Waals surface area (Å²) in [7, 11) is 1.55. The molecular weight excluding hydrogens is 514 g/mol. The second kappa shape index (κ2) is 11.7. The molecule has 7 nitrogen and oxygen atoms in total. The van der Waals surface area contributed by atoms with E-state index in [0.29, 0.717) is 33.3 Å². The Kier molecular flexibility index (Phi) is 7.70. The Labute approximate surface area is 230 Å². The zero-order chi connectivity index (χ0) is 27.2. The van der Waals surface area contributed by atoms with Gasteiger partial charge in [0.25, 0.3) is 5.91 Å². The number of hydrogen-bond acceptors (Lipinski definition) is 5. The van der Waals surface area contributed by atoms with Gasteiger partial charge >= 0.3 is 5.97 Å². The number of nitrogens with zero attached hydrogens (tertiary/aromatic N) is 2. The molecule has 0 radical (unpaired) electrons. The summed E-state index contributed by atoms with van der Waals surface area (Å²) < 4.78 is 12.7. The number of aromatic nitrogens is 2. The van der Waals surface area contributed by atoms with Gasteiger partial charge in [-0.15, -0.1) is 0 Å². The molecule has 39 heavy (non-hydrogen) atoms. The van der Waals surface area contributed by atoms with Gasteiger partial charge < -0.3 is 14.8 Å². The number of para-hydroxylation sites is 1. The summed E-state index contributed by atoms with van der Waals surface area (Å²) in [6, 6.07) is 32.2. The van der Waals surface area contributed by atoms with Crippen LogP contribution in [0.25, 0.3) is 16.9 Å². The number of halogens is 1. The average molecular weight is 538 g/mol. The Morgan fingerprint density at radius 2 is 1.56 bits per heavy atom. The lowest BCUT2D eigenvalue weighted by molar-refractivity contribution is -0.125. The van der Waals surface area contributed by atoms with Gasteiger partial charge in [-0.1, -0.05) is 78.3 Å². The summed E-state index contributed by atoms with van der Waals surface area (Å²) in [5.74, 6) is -0.620. The van der Waals surface area contributed by atoms with Crippen molar-refractivity contribution >= 4 is 29.2 Å². The number of esters is 1. The fraction of sp³-hybridized carbons (Fsp3) is 0.0645. The van der Waals surface area contributed by atoms with Crippen LogP contribution in [0.2, 0.25) is 5.02 Å². The number of ether oxygens (including phenoxy) is 2. The van der Waals surface area contributed by atoms with E-state index >= 15 is 0 Å². The molecule has 1 atom stereocenters. The minimum atomic E-state index is -1.22. The number of anilines is 1. The molecule has 1 unspecified atom stereocenters. The highest BCUT2D eigenvalue weighted by molar-refractivity contribution is 6.30. The van der Waals surface area contributed by atoms with Crippen molar-refractivity contribution in [3.05, 3.63) is 132 Å². The largest absolute Gasteiger partial charge is 0.497 e. The minimum absolute atomic E-state index is 0.205. The van der Waals surface area contributed by atoms with Crippen LogP contribution >= 0.6 is 11.6 Å². The van der Waals surface area contributed by atoms with Crippen molar-refractivity contribution in [3.63, 3.8) is 0 Å². The molecule has 0 aliphatic rings. The van der Waals surface area contributed by atoms with E-state index in [-0.39, 0.29) is 5.56 Å². The first kappa shape index (κ1) is 25.8. The molecule has 0 bridgehead atoms. The van der Waals surface area contributed by atoms with Gasteiger partial charge in [0.05, 0.1) is 12.8 Å². The molecule has 5 aromatic rings. The monoisotopic (exact) mass is 537 g/mol. The molecule has 0 aliphatic carbocycles. The molecule has 1 N–H and O–H groups in total. The molecule has 4 aromatic carbocycles. The molecule has 0 saturated heterocycles. The van der Waals surface area contributed by atoms with Gasteiger partial charge in [0.15, 0.2) is 0 Å². The summed E-state index contributed by atoms with van der Waals surface area (Å²) in [6.07, 6.45) is 0.381. The Hall–Kier alpha value is -4.88. The predicted molar refractivity (Wildman–Crippen MR) is 150 cm³/mol. The number of amides is 1. The third-order valence-electron chi connectivity index (χ3n) is 5.98. The summed E-state index contributed by atoms with van der Waals surface area (Å²) in [5, 5.41) is 8.05. The van der Waals surface area contributed by atoms with Crippen LogP contribution in [-0.2, 0) is 9.53 Å². The number of carbonyl (C=O) groups excluding carboxylic acids is 2. The molecule has 5 rings (SSSR count). The number of carbonyl (C=O) groups is 2. The molecule has 1 aromatic heterocycles. The maximum atomic E-state index is 13.7. The molecule has 1 amide bonds. The summed E-state index contributed by atoms with van der Waals surface area (Å²) >= 11 is 6.09. The van der Waals surface area contributed by atoms with Crippen LogP contribution in [0.5, 0.6) is 5.75 Å². The van der Waals surface area contributed by atoms with Gasteiger partial charge in [0.2, 0.25) is 6.10 Å². The standard InChI is InChI=1S/C31H24ClN3O4/c1-38-26-14-8-11-24(19-26)33-30(36)29(22-9-4-2-5-10-22)39-31(37)27-20-35(25-12-6-3-7-13-25)34-28(27)21-15-17-23(32)18-16-21/h2-20,29H,1H3,(H,33,36). The van der Waals surface area contributed by atoms with Crippen molar-refractivity contribution in [2.75, 3.05) is 12.4 Å². The second-order valence-electron chi connectivity index (χ2n) is 8.60. The fourth-order valence-electron chi connectivity index (χ4n) is 4.04. The lowest BCUT2D eigenvalue weighted by Gasteiger charge is -2.18. The van der Waals surface area contributed by atoms with E-state index in [1.807, 2.05) is 36.4 Å². The lowest BCUT2D eigenvalue weighted by Crippen LogP contribution is -2.26. The summed E-state index contributed by atoms with van der Waals surface area (Å²) in [5.41, 5.74) is 3.09. The molecule has 0 fully saturated rings. The third kappa shape index (κ3) is 6.00. The van der Waals surface area contributed by atoms with Gasteiger partial charge in [-0.05, 0) is 36.4 Å². The van der Waals surface area contributed by atoms with Crippen LogP contribution in [0.4, 0.5) is 5.69 Å². The number of rotatable bonds is 8. The third-order valence-corrected chi connectivity index (χ3v) is 6.23. The first-order valence-electron chi connectivity index (χ1n) is 12.1. The second-order valence-corrected chi connectivity index (χ2v) is 9.03. The Balaban J connectivity index is 1.50. The predicted octanol–water partition coefficient (Wildman–Crippen LogP) is 6.74. The van der Waals surface area contributed by atoms with E-state index in [1.54, 1.807) is 90.8 Å². The van der Waals surface area contributed by atoms with Gasteiger partial charge in [0, 0.05) is 34.1 Å². The van der Waals surface area contributed by atoms with Crippen LogP contribution < -0.4 is 10.1 Å². The van der Waals surface area contributed by atoms with Crippen molar-refractivity contribution in [3.8, 4) is 22.7 Å². The summed E-state index contributed by atoms with van der Waals surface area (Å²) in [6.45, 7) is 0. The summed E-state index contributed by atoms with van der Waals surface area (Å²) in [4.78, 5) is 27.1. The van der Waals surface area contributed by atoms with E-state index in [4.69, 9.17) is 21.1 Å². The SMILES string of the molecule is COc1cccc(NC(=O)C(OC(=O)c2cn(-c3ccccc3)nc2-c2ccc(Cl)cc2)c2ccccc2)c1. The minimum Gasteiger partial charge on any atom is -0.497 e. The normalized spacial score (nSPS) is 11.4. The van der Waals surface area contributed by atoms with Crippen LogP contribution in [0.3, 0.4) is 0 Å². The van der Waals surface area contributed by atoms with Crippen LogP contribution in [0.1, 0.15) is 22.0 Å². The van der Waals surface area contributed by atoms with Crippen molar-refractivity contribution in [1.82, 2.24) is 9.78 Å². The van der Waals surface area contributed by atoms with Crippen molar-refractivity contribution < 1.29 is 19.1 Å². The Bertz CT molecular complexity index is 1590. The number of benzene rings is 4. The zero-order valence-electron chi connectivity index (χ0n) is 21.0. The topological polar surface area (TPSA) is 82.5 Å². The maximum Gasteiger partial charge on any atom is 0.343 e. The maximum absolute atomic E-state index is 13.7. The lowest BCUT2D eigenvalue weighted by atomic mass is 10.1. The number of nitrogens with one attached hydrogen (secondary N) is 1. The molecule has 1 heterocycles. The molecular formula is C31H24ClN3O4. The zero-order valence-corrected chi connectivity index (χ0v) is 21.7. The van der Waals surface area contributed by atoms with E-state index < -0.39 is 18.0 Å². The Morgan fingerprint density at radius 1 is 0.872 bits per heavy atom.